The second-order valence-corrected chi connectivity index (χ2v) is 2.53. The SMILES string of the molecule is O=C(O)Cc1nocc1Br. The second-order valence-electron chi connectivity index (χ2n) is 1.68. The maximum atomic E-state index is 10.1. The van der Waals surface area contributed by atoms with Crippen molar-refractivity contribution in [2.45, 2.75) is 6.42 Å². The molecule has 0 radical (unpaired) electrons. The molecule has 1 aromatic rings. The van der Waals surface area contributed by atoms with Crippen molar-refractivity contribution in [2.75, 3.05) is 0 Å². The van der Waals surface area contributed by atoms with Crippen LogP contribution in [0, 0.1) is 0 Å². The molecule has 0 amide bonds. The van der Waals surface area contributed by atoms with Gasteiger partial charge in [0.05, 0.1) is 10.9 Å². The molecule has 1 N–H and O–H groups in total. The molecule has 0 saturated heterocycles. The number of carboxylic acids is 1. The maximum absolute atomic E-state index is 10.1. The quantitative estimate of drug-likeness (QED) is 0.785. The Hall–Kier alpha value is -0.840. The van der Waals surface area contributed by atoms with Crippen LogP contribution in [0.3, 0.4) is 0 Å². The Balaban J connectivity index is 2.74. The number of aliphatic carboxylic acids is 1. The number of aromatic nitrogens is 1. The first kappa shape index (κ1) is 7.27. The summed E-state index contributed by atoms with van der Waals surface area (Å²) < 4.78 is 5.08. The smallest absolute Gasteiger partial charge is 0.309 e. The second kappa shape index (κ2) is 2.83. The van der Waals surface area contributed by atoms with Gasteiger partial charge in [0.2, 0.25) is 0 Å². The molecule has 5 heteroatoms. The van der Waals surface area contributed by atoms with Crippen LogP contribution in [0.4, 0.5) is 0 Å². The summed E-state index contributed by atoms with van der Waals surface area (Å²) >= 11 is 3.08. The van der Waals surface area contributed by atoms with Crippen LogP contribution in [-0.4, -0.2) is 16.2 Å². The summed E-state index contributed by atoms with van der Waals surface area (Å²) in [5.74, 6) is -0.922. The van der Waals surface area contributed by atoms with E-state index in [9.17, 15) is 4.79 Å². The highest BCUT2D eigenvalue weighted by Crippen LogP contribution is 2.14. The van der Waals surface area contributed by atoms with E-state index < -0.39 is 5.97 Å². The fraction of sp³-hybridized carbons (Fsp3) is 0.200. The van der Waals surface area contributed by atoms with Crippen LogP contribution in [-0.2, 0) is 11.2 Å². The molecule has 0 fully saturated rings. The van der Waals surface area contributed by atoms with Crippen molar-refractivity contribution in [1.82, 2.24) is 5.16 Å². The van der Waals surface area contributed by atoms with Crippen LogP contribution < -0.4 is 0 Å². The first-order valence-corrected chi connectivity index (χ1v) is 3.30. The first-order valence-electron chi connectivity index (χ1n) is 2.50. The standard InChI is InChI=1S/C5H4BrNO3/c6-3-2-10-7-4(3)1-5(8)9/h2H,1H2,(H,8,9). The van der Waals surface area contributed by atoms with Gasteiger partial charge >= 0.3 is 5.97 Å². The summed E-state index contributed by atoms with van der Waals surface area (Å²) in [6.07, 6.45) is 1.23. The zero-order valence-corrected chi connectivity index (χ0v) is 6.46. The van der Waals surface area contributed by atoms with Crippen molar-refractivity contribution in [3.63, 3.8) is 0 Å². The van der Waals surface area contributed by atoms with Gasteiger partial charge in [-0.3, -0.25) is 4.79 Å². The molecule has 1 aromatic heterocycles. The molecule has 0 aliphatic heterocycles. The van der Waals surface area contributed by atoms with Gasteiger partial charge in [0.15, 0.2) is 0 Å². The van der Waals surface area contributed by atoms with Gasteiger partial charge in [-0.05, 0) is 15.9 Å². The largest absolute Gasteiger partial charge is 0.481 e. The van der Waals surface area contributed by atoms with Crippen LogP contribution in [0.5, 0.6) is 0 Å². The number of rotatable bonds is 2. The Morgan fingerprint density at radius 3 is 3.00 bits per heavy atom. The normalized spacial score (nSPS) is 9.70. The summed E-state index contributed by atoms with van der Waals surface area (Å²) in [5.41, 5.74) is 0.410. The number of carbonyl (C=O) groups is 1. The fourth-order valence-electron chi connectivity index (χ4n) is 0.508. The number of hydrogen-bond donors (Lipinski definition) is 1. The van der Waals surface area contributed by atoms with Gasteiger partial charge in [-0.15, -0.1) is 0 Å². The highest BCUT2D eigenvalue weighted by molar-refractivity contribution is 9.10. The molecule has 0 atom stereocenters. The molecule has 0 bridgehead atoms. The highest BCUT2D eigenvalue weighted by Gasteiger charge is 2.07. The van der Waals surface area contributed by atoms with Crippen molar-refractivity contribution in [3.05, 3.63) is 16.4 Å². The monoisotopic (exact) mass is 205 g/mol. The zero-order valence-electron chi connectivity index (χ0n) is 4.87. The van der Waals surface area contributed by atoms with Gasteiger partial charge in [-0.25, -0.2) is 0 Å². The average Bonchev–Trinajstić information content (AvgIpc) is 2.15. The molecule has 0 aliphatic rings. The van der Waals surface area contributed by atoms with Crippen molar-refractivity contribution < 1.29 is 14.4 Å². The predicted molar refractivity (Wildman–Crippen MR) is 35.5 cm³/mol. The third-order valence-corrected chi connectivity index (χ3v) is 1.56. The Morgan fingerprint density at radius 2 is 2.60 bits per heavy atom. The lowest BCUT2D eigenvalue weighted by Crippen LogP contribution is -2.00. The summed E-state index contributed by atoms with van der Waals surface area (Å²) in [6, 6.07) is 0. The number of carboxylic acid groups (broad SMARTS) is 1. The maximum Gasteiger partial charge on any atom is 0.309 e. The molecule has 0 unspecified atom stereocenters. The number of hydrogen-bond acceptors (Lipinski definition) is 3. The summed E-state index contributed by atoms with van der Waals surface area (Å²) in [5, 5.41) is 11.8. The van der Waals surface area contributed by atoms with Crippen LogP contribution in [0.1, 0.15) is 5.69 Å². The van der Waals surface area contributed by atoms with E-state index in [0.29, 0.717) is 10.2 Å². The van der Waals surface area contributed by atoms with E-state index in [0.717, 1.165) is 0 Å². The molecule has 0 spiro atoms. The number of halogens is 1. The minimum Gasteiger partial charge on any atom is -0.481 e. The van der Waals surface area contributed by atoms with E-state index in [1.54, 1.807) is 0 Å². The van der Waals surface area contributed by atoms with Gasteiger partial charge in [0.1, 0.15) is 12.0 Å². The van der Waals surface area contributed by atoms with E-state index in [1.165, 1.54) is 6.26 Å². The van der Waals surface area contributed by atoms with Gasteiger partial charge in [-0.1, -0.05) is 5.16 Å². The number of nitrogens with zero attached hydrogens (tertiary/aromatic N) is 1. The van der Waals surface area contributed by atoms with Crippen molar-refractivity contribution >= 4 is 21.9 Å². The minimum atomic E-state index is -0.922. The molecule has 54 valence electrons. The molecule has 1 heterocycles. The Bertz CT molecular complexity index is 245. The van der Waals surface area contributed by atoms with Crippen LogP contribution in [0.25, 0.3) is 0 Å². The van der Waals surface area contributed by atoms with E-state index >= 15 is 0 Å². The summed E-state index contributed by atoms with van der Waals surface area (Å²) in [7, 11) is 0. The Kier molecular flexibility index (Phi) is 2.06. The van der Waals surface area contributed by atoms with E-state index in [1.807, 2.05) is 0 Å². The van der Waals surface area contributed by atoms with Crippen molar-refractivity contribution in [1.29, 1.82) is 0 Å². The molecular formula is C5H4BrNO3. The van der Waals surface area contributed by atoms with Gasteiger partial charge in [0.25, 0.3) is 0 Å². The lowest BCUT2D eigenvalue weighted by molar-refractivity contribution is -0.136. The fourth-order valence-corrected chi connectivity index (χ4v) is 0.804. The molecular weight excluding hydrogens is 202 g/mol. The first-order chi connectivity index (χ1) is 4.70. The average molecular weight is 206 g/mol. The Morgan fingerprint density at radius 1 is 1.90 bits per heavy atom. The minimum absolute atomic E-state index is 0.114. The lowest BCUT2D eigenvalue weighted by Gasteiger charge is -1.86. The van der Waals surface area contributed by atoms with Crippen LogP contribution in [0.2, 0.25) is 0 Å². The van der Waals surface area contributed by atoms with Gasteiger partial charge in [0, 0.05) is 0 Å². The molecule has 1 rings (SSSR count). The van der Waals surface area contributed by atoms with Gasteiger partial charge in [-0.2, -0.15) is 0 Å². The molecule has 10 heavy (non-hydrogen) atoms. The van der Waals surface area contributed by atoms with E-state index in [4.69, 9.17) is 5.11 Å². The third-order valence-electron chi connectivity index (χ3n) is 0.913. The molecule has 0 aliphatic carbocycles. The zero-order chi connectivity index (χ0) is 7.56. The molecule has 0 saturated carbocycles. The van der Waals surface area contributed by atoms with Gasteiger partial charge < -0.3 is 9.63 Å². The third kappa shape index (κ3) is 1.57. The summed E-state index contributed by atoms with van der Waals surface area (Å²) in [4.78, 5) is 10.1. The Labute approximate surface area is 64.9 Å². The van der Waals surface area contributed by atoms with Crippen LogP contribution in [0.15, 0.2) is 15.3 Å². The lowest BCUT2D eigenvalue weighted by atomic mass is 10.3. The van der Waals surface area contributed by atoms with E-state index in [2.05, 4.69) is 25.6 Å². The highest BCUT2D eigenvalue weighted by atomic mass is 79.9. The topological polar surface area (TPSA) is 63.3 Å². The molecule has 0 aromatic carbocycles. The molecule has 4 nitrogen and oxygen atoms in total. The van der Waals surface area contributed by atoms with Crippen molar-refractivity contribution in [2.24, 2.45) is 0 Å². The van der Waals surface area contributed by atoms with Crippen LogP contribution >= 0.6 is 15.9 Å². The predicted octanol–water partition coefficient (Wildman–Crippen LogP) is 1.06. The van der Waals surface area contributed by atoms with Crippen molar-refractivity contribution in [3.8, 4) is 0 Å². The van der Waals surface area contributed by atoms with E-state index in [-0.39, 0.29) is 6.42 Å². The summed E-state index contributed by atoms with van der Waals surface area (Å²) in [6.45, 7) is 0.